The van der Waals surface area contributed by atoms with Crippen molar-refractivity contribution in [1.29, 1.82) is 0 Å². The number of hydrogen-bond acceptors (Lipinski definition) is 3. The van der Waals surface area contributed by atoms with Crippen molar-refractivity contribution < 1.29 is 21.6 Å². The van der Waals surface area contributed by atoms with Gasteiger partial charge in [0.1, 0.15) is 0 Å². The lowest BCUT2D eigenvalue weighted by molar-refractivity contribution is -0.134. The molecular weight excluding hydrogens is 281 g/mol. The molecule has 0 aromatic carbocycles. The molecule has 0 heterocycles. The Morgan fingerprint density at radius 3 is 2.37 bits per heavy atom. The molecule has 116 valence electrons. The third-order valence-electron chi connectivity index (χ3n) is 2.74. The fourth-order valence-electron chi connectivity index (χ4n) is 1.77. The Morgan fingerprint density at radius 2 is 1.89 bits per heavy atom. The summed E-state index contributed by atoms with van der Waals surface area (Å²) >= 11 is 0. The number of nitrogens with two attached hydrogens (primary N) is 1. The van der Waals surface area contributed by atoms with Gasteiger partial charge >= 0.3 is 6.18 Å². The Morgan fingerprint density at radius 1 is 1.26 bits per heavy atom. The first kappa shape index (κ1) is 18.7. The van der Waals surface area contributed by atoms with Gasteiger partial charge in [0, 0.05) is 13.0 Å². The summed E-state index contributed by atoms with van der Waals surface area (Å²) in [6, 6.07) is 0. The number of alkyl halides is 3. The Hall–Kier alpha value is -0.340. The third kappa shape index (κ3) is 11.2. The Balaban J connectivity index is 4.07. The van der Waals surface area contributed by atoms with E-state index in [0.717, 1.165) is 12.8 Å². The van der Waals surface area contributed by atoms with Crippen molar-refractivity contribution in [2.75, 3.05) is 18.8 Å². The van der Waals surface area contributed by atoms with Crippen molar-refractivity contribution in [3.63, 3.8) is 0 Å². The van der Waals surface area contributed by atoms with Crippen LogP contribution in [0.2, 0.25) is 0 Å². The van der Waals surface area contributed by atoms with Gasteiger partial charge in [-0.3, -0.25) is 0 Å². The molecule has 0 saturated carbocycles. The number of sulfonamides is 1. The second kappa shape index (κ2) is 8.76. The van der Waals surface area contributed by atoms with Crippen LogP contribution in [0.3, 0.4) is 0 Å². The molecule has 0 rings (SSSR count). The van der Waals surface area contributed by atoms with Crippen LogP contribution in [-0.2, 0) is 10.0 Å². The van der Waals surface area contributed by atoms with Gasteiger partial charge in [-0.2, -0.15) is 13.2 Å². The molecule has 0 aliphatic heterocycles. The Bertz CT molecular complexity index is 325. The zero-order valence-electron chi connectivity index (χ0n) is 11.2. The molecule has 19 heavy (non-hydrogen) atoms. The van der Waals surface area contributed by atoms with Gasteiger partial charge in [-0.05, 0) is 31.7 Å². The molecule has 4 nitrogen and oxygen atoms in total. The molecule has 3 N–H and O–H groups in total. The highest BCUT2D eigenvalue weighted by molar-refractivity contribution is 7.89. The van der Waals surface area contributed by atoms with E-state index < -0.39 is 34.8 Å². The van der Waals surface area contributed by atoms with E-state index in [4.69, 9.17) is 5.73 Å². The van der Waals surface area contributed by atoms with E-state index in [9.17, 15) is 21.6 Å². The lowest BCUT2D eigenvalue weighted by atomic mass is 10.0. The number of nitrogens with one attached hydrogen (secondary N) is 1. The highest BCUT2D eigenvalue weighted by Crippen LogP contribution is 2.21. The highest BCUT2D eigenvalue weighted by Gasteiger charge is 2.27. The Kier molecular flexibility index (Phi) is 8.60. The fourth-order valence-corrected chi connectivity index (χ4v) is 2.93. The molecule has 0 radical (unpaired) electrons. The van der Waals surface area contributed by atoms with Crippen LogP contribution in [-0.4, -0.2) is 33.4 Å². The minimum absolute atomic E-state index is 0.146. The number of rotatable bonds is 10. The first-order valence-corrected chi connectivity index (χ1v) is 8.09. The fraction of sp³-hybridized carbons (Fsp3) is 1.00. The van der Waals surface area contributed by atoms with Crippen LogP contribution in [0.25, 0.3) is 0 Å². The number of halogens is 3. The van der Waals surface area contributed by atoms with Crippen molar-refractivity contribution in [1.82, 2.24) is 4.72 Å². The third-order valence-corrected chi connectivity index (χ3v) is 4.17. The monoisotopic (exact) mass is 304 g/mol. The first-order chi connectivity index (χ1) is 8.70. The molecule has 0 bridgehead atoms. The summed E-state index contributed by atoms with van der Waals surface area (Å²) in [5, 5.41) is 0. The van der Waals surface area contributed by atoms with Crippen molar-refractivity contribution in [3.05, 3.63) is 0 Å². The molecule has 0 aromatic rings. The van der Waals surface area contributed by atoms with Gasteiger partial charge in [-0.25, -0.2) is 13.1 Å². The smallest absolute Gasteiger partial charge is 0.330 e. The summed E-state index contributed by atoms with van der Waals surface area (Å²) in [7, 11) is -3.63. The van der Waals surface area contributed by atoms with Crippen LogP contribution in [0, 0.1) is 5.92 Å². The summed E-state index contributed by atoms with van der Waals surface area (Å²) in [5.74, 6) is -0.346. The highest BCUT2D eigenvalue weighted by atomic mass is 32.2. The summed E-state index contributed by atoms with van der Waals surface area (Å²) in [5.41, 5.74) is 5.42. The van der Waals surface area contributed by atoms with Crippen LogP contribution >= 0.6 is 0 Å². The zero-order valence-corrected chi connectivity index (χ0v) is 12.0. The van der Waals surface area contributed by atoms with Crippen molar-refractivity contribution >= 4 is 10.0 Å². The van der Waals surface area contributed by atoms with Crippen molar-refractivity contribution in [2.24, 2.45) is 11.7 Å². The molecule has 8 heteroatoms. The molecule has 0 aromatic heterocycles. The summed E-state index contributed by atoms with van der Waals surface area (Å²) in [6.07, 6.45) is -3.31. The van der Waals surface area contributed by atoms with E-state index >= 15 is 0 Å². The van der Waals surface area contributed by atoms with Gasteiger partial charge in [0.15, 0.2) is 0 Å². The first-order valence-electron chi connectivity index (χ1n) is 6.44. The molecular formula is C11H23F3N2O2S. The molecule has 0 fully saturated rings. The van der Waals surface area contributed by atoms with Gasteiger partial charge in [-0.15, -0.1) is 0 Å². The molecule has 0 aliphatic carbocycles. The molecule has 0 saturated heterocycles. The standard InChI is InChI=1S/C11H23F3N2O2S/c1-2-4-10(5-7-15)9-16-19(17,18)8-3-6-11(12,13)14/h10,16H,2-9,15H2,1H3. The maximum atomic E-state index is 11.9. The second-order valence-corrected chi connectivity index (χ2v) is 6.54. The topological polar surface area (TPSA) is 72.2 Å². The normalized spacial score (nSPS) is 14.6. The average molecular weight is 304 g/mol. The summed E-state index contributed by atoms with van der Waals surface area (Å²) in [6.45, 7) is 2.71. The minimum Gasteiger partial charge on any atom is -0.330 e. The van der Waals surface area contributed by atoms with Crippen LogP contribution in [0.4, 0.5) is 13.2 Å². The van der Waals surface area contributed by atoms with Crippen molar-refractivity contribution in [2.45, 2.75) is 45.2 Å². The van der Waals surface area contributed by atoms with Gasteiger partial charge in [-0.1, -0.05) is 13.3 Å². The summed E-state index contributed by atoms with van der Waals surface area (Å²) in [4.78, 5) is 0. The van der Waals surface area contributed by atoms with Crippen molar-refractivity contribution in [3.8, 4) is 0 Å². The maximum absolute atomic E-state index is 11.9. The predicted molar refractivity (Wildman–Crippen MR) is 69.1 cm³/mol. The number of hydrogen-bond donors (Lipinski definition) is 2. The quantitative estimate of drug-likeness (QED) is 0.648. The van der Waals surface area contributed by atoms with Gasteiger partial charge in [0.2, 0.25) is 10.0 Å². The van der Waals surface area contributed by atoms with E-state index in [1.165, 1.54) is 0 Å². The van der Waals surface area contributed by atoms with Gasteiger partial charge < -0.3 is 5.73 Å². The van der Waals surface area contributed by atoms with E-state index in [1.807, 2.05) is 6.92 Å². The van der Waals surface area contributed by atoms with Crippen LogP contribution in [0.1, 0.15) is 39.0 Å². The van der Waals surface area contributed by atoms with Gasteiger partial charge in [0.25, 0.3) is 0 Å². The van der Waals surface area contributed by atoms with E-state index in [0.29, 0.717) is 13.0 Å². The average Bonchev–Trinajstić information content (AvgIpc) is 2.24. The van der Waals surface area contributed by atoms with Gasteiger partial charge in [0.05, 0.1) is 5.75 Å². The lowest BCUT2D eigenvalue weighted by Gasteiger charge is -2.16. The van der Waals surface area contributed by atoms with E-state index in [-0.39, 0.29) is 12.5 Å². The SMILES string of the molecule is CCCC(CCN)CNS(=O)(=O)CCCC(F)(F)F. The van der Waals surface area contributed by atoms with E-state index in [2.05, 4.69) is 4.72 Å². The largest absolute Gasteiger partial charge is 0.389 e. The van der Waals surface area contributed by atoms with Crippen LogP contribution < -0.4 is 10.5 Å². The second-order valence-electron chi connectivity index (χ2n) is 4.62. The summed E-state index contributed by atoms with van der Waals surface area (Å²) < 4.78 is 61.2. The van der Waals surface area contributed by atoms with Crippen LogP contribution in [0.5, 0.6) is 0 Å². The predicted octanol–water partition coefficient (Wildman–Crippen LogP) is 2.01. The van der Waals surface area contributed by atoms with Crippen LogP contribution in [0.15, 0.2) is 0 Å². The molecule has 1 unspecified atom stereocenters. The molecule has 0 aliphatic rings. The maximum Gasteiger partial charge on any atom is 0.389 e. The zero-order chi connectivity index (χ0) is 14.9. The molecule has 1 atom stereocenters. The lowest BCUT2D eigenvalue weighted by Crippen LogP contribution is -2.32. The molecule has 0 amide bonds. The minimum atomic E-state index is -4.31. The van der Waals surface area contributed by atoms with E-state index in [1.54, 1.807) is 0 Å². The molecule has 0 spiro atoms. The Labute approximate surface area is 113 Å².